The number of halogens is 1. The van der Waals surface area contributed by atoms with Crippen molar-refractivity contribution in [1.82, 2.24) is 19.7 Å². The van der Waals surface area contributed by atoms with Gasteiger partial charge in [0, 0.05) is 12.4 Å². The Morgan fingerprint density at radius 2 is 1.96 bits per heavy atom. The first-order valence-corrected chi connectivity index (χ1v) is 7.74. The molecule has 2 aromatic carbocycles. The molecule has 1 N–H and O–H groups in total. The van der Waals surface area contributed by atoms with Crippen LogP contribution in [0.25, 0.3) is 22.1 Å². The van der Waals surface area contributed by atoms with Gasteiger partial charge in [0.15, 0.2) is 5.65 Å². The molecule has 0 aliphatic carbocycles. The lowest BCUT2D eigenvalue weighted by Crippen LogP contribution is -2.17. The summed E-state index contributed by atoms with van der Waals surface area (Å²) in [7, 11) is 1.81. The van der Waals surface area contributed by atoms with Gasteiger partial charge in [-0.05, 0) is 23.8 Å². The third-order valence-electron chi connectivity index (χ3n) is 4.02. The highest BCUT2D eigenvalue weighted by molar-refractivity contribution is 6.04. The molecule has 2 heterocycles. The number of aryl methyl sites for hydroxylation is 1. The quantitative estimate of drug-likeness (QED) is 0.625. The zero-order valence-electron chi connectivity index (χ0n) is 13.4. The molecule has 6 nitrogen and oxygen atoms in total. The van der Waals surface area contributed by atoms with E-state index in [1.807, 2.05) is 37.4 Å². The molecule has 1 amide bonds. The first-order chi connectivity index (χ1) is 12.1. The number of rotatable bonds is 3. The molecule has 0 atom stereocenters. The minimum absolute atomic E-state index is 0.125. The number of nitrogens with one attached hydrogen (secondary N) is 1. The lowest BCUT2D eigenvalue weighted by Gasteiger charge is -2.03. The molecule has 4 rings (SSSR count). The third kappa shape index (κ3) is 2.80. The Labute approximate surface area is 142 Å². The van der Waals surface area contributed by atoms with E-state index in [1.165, 1.54) is 12.1 Å². The van der Waals surface area contributed by atoms with E-state index in [2.05, 4.69) is 20.5 Å². The first-order valence-electron chi connectivity index (χ1n) is 7.74. The zero-order valence-corrected chi connectivity index (χ0v) is 13.4. The molecule has 0 saturated carbocycles. The molecule has 4 aromatic rings. The highest BCUT2D eigenvalue weighted by Crippen LogP contribution is 2.25. The van der Waals surface area contributed by atoms with Crippen LogP contribution in [0.4, 0.5) is 10.3 Å². The largest absolute Gasteiger partial charge is 0.327 e. The summed E-state index contributed by atoms with van der Waals surface area (Å²) >= 11 is 0. The molecule has 2 aromatic heterocycles. The van der Waals surface area contributed by atoms with Gasteiger partial charge in [0.25, 0.3) is 5.95 Å². The van der Waals surface area contributed by atoms with Crippen LogP contribution in [0, 0.1) is 5.82 Å². The fourth-order valence-electron chi connectivity index (χ4n) is 2.83. The average Bonchev–Trinajstić information content (AvgIpc) is 2.87. The predicted molar refractivity (Wildman–Crippen MR) is 92.5 cm³/mol. The van der Waals surface area contributed by atoms with Crippen molar-refractivity contribution in [2.45, 2.75) is 6.42 Å². The summed E-state index contributed by atoms with van der Waals surface area (Å²) in [6.45, 7) is 0. The van der Waals surface area contributed by atoms with Gasteiger partial charge in [0.05, 0.1) is 11.9 Å². The minimum Gasteiger partial charge on any atom is -0.327 e. The van der Waals surface area contributed by atoms with Gasteiger partial charge in [0.2, 0.25) is 5.91 Å². The van der Waals surface area contributed by atoms with E-state index in [0.717, 1.165) is 11.1 Å². The molecule has 0 aliphatic heterocycles. The Kier molecular flexibility index (Phi) is 3.61. The number of anilines is 1. The summed E-state index contributed by atoms with van der Waals surface area (Å²) in [6.07, 6.45) is 0.225. The van der Waals surface area contributed by atoms with Crippen LogP contribution >= 0.6 is 0 Å². The smallest absolute Gasteiger partial charge is 0.251 e. The molecule has 124 valence electrons. The molecule has 0 unspecified atom stereocenters. The van der Waals surface area contributed by atoms with Gasteiger partial charge in [-0.15, -0.1) is 10.2 Å². The molecule has 0 fully saturated rings. The van der Waals surface area contributed by atoms with E-state index >= 15 is 0 Å². The van der Waals surface area contributed by atoms with Crippen LogP contribution in [-0.2, 0) is 18.3 Å². The highest BCUT2D eigenvalue weighted by atomic mass is 19.1. The number of carbonyl (C=O) groups excluding carboxylic acids is 1. The topological polar surface area (TPSA) is 72.7 Å². The summed E-state index contributed by atoms with van der Waals surface area (Å²) in [5.41, 5.74) is 2.73. The number of hydrogen-bond donors (Lipinski definition) is 1. The van der Waals surface area contributed by atoms with E-state index in [0.29, 0.717) is 16.6 Å². The average molecular weight is 335 g/mol. The molecule has 0 bridgehead atoms. The van der Waals surface area contributed by atoms with Crippen molar-refractivity contribution < 1.29 is 9.18 Å². The van der Waals surface area contributed by atoms with Gasteiger partial charge in [-0.25, -0.2) is 4.39 Å². The fraction of sp³-hybridized carbons (Fsp3) is 0.111. The van der Waals surface area contributed by atoms with Gasteiger partial charge >= 0.3 is 0 Å². The maximum Gasteiger partial charge on any atom is 0.251 e. The minimum atomic E-state index is -0.345. The molecule has 0 spiro atoms. The fourth-order valence-corrected chi connectivity index (χ4v) is 2.83. The van der Waals surface area contributed by atoms with Gasteiger partial charge in [-0.2, -0.15) is 4.98 Å². The van der Waals surface area contributed by atoms with Gasteiger partial charge in [-0.3, -0.25) is 10.1 Å². The van der Waals surface area contributed by atoms with E-state index in [1.54, 1.807) is 10.6 Å². The maximum absolute atomic E-state index is 13.5. The van der Waals surface area contributed by atoms with Crippen LogP contribution in [0.15, 0.2) is 48.5 Å². The Morgan fingerprint density at radius 1 is 1.16 bits per heavy atom. The van der Waals surface area contributed by atoms with E-state index in [4.69, 9.17) is 0 Å². The van der Waals surface area contributed by atoms with Crippen molar-refractivity contribution in [3.8, 4) is 0 Å². The molecular formula is C18H14FN5O. The first kappa shape index (κ1) is 15.2. The highest BCUT2D eigenvalue weighted by Gasteiger charge is 2.14. The third-order valence-corrected chi connectivity index (χ3v) is 4.02. The summed E-state index contributed by atoms with van der Waals surface area (Å²) < 4.78 is 15.3. The van der Waals surface area contributed by atoms with E-state index in [9.17, 15) is 9.18 Å². The monoisotopic (exact) mass is 335 g/mol. The van der Waals surface area contributed by atoms with E-state index in [-0.39, 0.29) is 24.1 Å². The van der Waals surface area contributed by atoms with Crippen LogP contribution in [-0.4, -0.2) is 25.7 Å². The van der Waals surface area contributed by atoms with Gasteiger partial charge in [-0.1, -0.05) is 30.3 Å². The van der Waals surface area contributed by atoms with Crippen molar-refractivity contribution in [2.24, 2.45) is 7.05 Å². The second-order valence-corrected chi connectivity index (χ2v) is 5.74. The number of carbonyl (C=O) groups is 1. The second kappa shape index (κ2) is 5.94. The Balaban J connectivity index is 1.66. The van der Waals surface area contributed by atoms with Crippen LogP contribution in [0.5, 0.6) is 0 Å². The van der Waals surface area contributed by atoms with Crippen molar-refractivity contribution in [2.75, 3.05) is 5.32 Å². The summed E-state index contributed by atoms with van der Waals surface area (Å²) in [6, 6.07) is 13.9. The lowest BCUT2D eigenvalue weighted by atomic mass is 10.1. The molecule has 7 heteroatoms. The number of hydrogen-bond acceptors (Lipinski definition) is 4. The SMILES string of the molecule is Cn1c2ccc(F)cc2c2nnc(NC(=O)Cc3ccccc3)nc21. The number of amides is 1. The van der Waals surface area contributed by atoms with Crippen molar-refractivity contribution >= 4 is 33.9 Å². The van der Waals surface area contributed by atoms with Crippen molar-refractivity contribution in [3.05, 3.63) is 59.9 Å². The van der Waals surface area contributed by atoms with Gasteiger partial charge < -0.3 is 4.57 Å². The van der Waals surface area contributed by atoms with E-state index < -0.39 is 0 Å². The molecule has 0 radical (unpaired) electrons. The molecule has 0 saturated heterocycles. The number of benzene rings is 2. The van der Waals surface area contributed by atoms with Gasteiger partial charge in [0.1, 0.15) is 11.3 Å². The Morgan fingerprint density at radius 3 is 2.76 bits per heavy atom. The Bertz CT molecular complexity index is 1090. The van der Waals surface area contributed by atoms with Crippen LogP contribution in [0.1, 0.15) is 5.56 Å². The van der Waals surface area contributed by atoms with Crippen LogP contribution in [0.2, 0.25) is 0 Å². The summed E-state index contributed by atoms with van der Waals surface area (Å²) in [5, 5.41) is 11.4. The zero-order chi connectivity index (χ0) is 17.4. The second-order valence-electron chi connectivity index (χ2n) is 5.74. The van der Waals surface area contributed by atoms with Crippen molar-refractivity contribution in [3.63, 3.8) is 0 Å². The molecular weight excluding hydrogens is 321 g/mol. The normalized spacial score (nSPS) is 11.1. The van der Waals surface area contributed by atoms with Crippen LogP contribution in [0.3, 0.4) is 0 Å². The summed E-state index contributed by atoms with van der Waals surface area (Å²) in [4.78, 5) is 16.5. The molecule has 0 aliphatic rings. The predicted octanol–water partition coefficient (Wildman–Crippen LogP) is 2.84. The summed E-state index contributed by atoms with van der Waals surface area (Å²) in [5.74, 6) is -0.445. The standard InChI is InChI=1S/C18H14FN5O/c1-24-14-8-7-12(19)10-13(14)16-17(24)21-18(23-22-16)20-15(25)9-11-5-3-2-4-6-11/h2-8,10H,9H2,1H3,(H,20,21,23,25). The number of aromatic nitrogens is 4. The lowest BCUT2D eigenvalue weighted by molar-refractivity contribution is -0.115. The van der Waals surface area contributed by atoms with Crippen molar-refractivity contribution in [1.29, 1.82) is 0 Å². The van der Waals surface area contributed by atoms with Crippen LogP contribution < -0.4 is 5.32 Å². The maximum atomic E-state index is 13.5. The number of nitrogens with zero attached hydrogens (tertiary/aromatic N) is 4. The number of fused-ring (bicyclic) bond motifs is 3. The Hall–Kier alpha value is -3.35. The molecule has 25 heavy (non-hydrogen) atoms.